The molecule has 0 unspecified atom stereocenters. The molecule has 9 rings (SSSR count). The van der Waals surface area contributed by atoms with Gasteiger partial charge in [-0.2, -0.15) is 0 Å². The molecule has 2 N–H and O–H groups in total. The minimum Gasteiger partial charge on any atom is -0.354 e. The monoisotopic (exact) mass is 741 g/mol. The van der Waals surface area contributed by atoms with Gasteiger partial charge in [0.2, 0.25) is 0 Å². The minimum atomic E-state index is -0.461. The van der Waals surface area contributed by atoms with Crippen molar-refractivity contribution in [3.63, 3.8) is 0 Å². The van der Waals surface area contributed by atoms with Crippen molar-refractivity contribution >= 4 is 46.4 Å². The van der Waals surface area contributed by atoms with Gasteiger partial charge in [0, 0.05) is 83.6 Å². The first-order chi connectivity index (χ1) is 25.4. The molecular formula is C44H26F4MnN4. The third kappa shape index (κ3) is 5.90. The predicted octanol–water partition coefficient (Wildman–Crippen LogP) is 11.9. The molecular weight excluding hydrogens is 715 g/mol. The molecule has 0 amide bonds. The van der Waals surface area contributed by atoms with E-state index >= 15 is 17.6 Å². The Bertz CT molecular complexity index is 2440. The summed E-state index contributed by atoms with van der Waals surface area (Å²) in [6.45, 7) is 0. The van der Waals surface area contributed by atoms with Crippen molar-refractivity contribution in [2.24, 2.45) is 0 Å². The molecule has 3 aromatic heterocycles. The van der Waals surface area contributed by atoms with Crippen LogP contribution < -0.4 is 0 Å². The van der Waals surface area contributed by atoms with Crippen molar-refractivity contribution < 1.29 is 34.6 Å². The molecule has 0 saturated heterocycles. The average molecular weight is 742 g/mol. The Morgan fingerprint density at radius 3 is 0.774 bits per heavy atom. The van der Waals surface area contributed by atoms with E-state index in [-0.39, 0.29) is 17.1 Å². The molecule has 2 aliphatic heterocycles. The molecule has 0 fully saturated rings. The Morgan fingerprint density at radius 1 is 0.321 bits per heavy atom. The van der Waals surface area contributed by atoms with Gasteiger partial charge in [-0.25, -0.2) is 27.5 Å². The van der Waals surface area contributed by atoms with Crippen molar-refractivity contribution in [1.29, 1.82) is 0 Å². The maximum absolute atomic E-state index is 15.7. The molecule has 1 radical (unpaired) electrons. The molecule has 53 heavy (non-hydrogen) atoms. The van der Waals surface area contributed by atoms with Crippen LogP contribution in [0.2, 0.25) is 0 Å². The first-order valence-corrected chi connectivity index (χ1v) is 16.6. The molecule has 257 valence electrons. The van der Waals surface area contributed by atoms with Gasteiger partial charge in [-0.1, -0.05) is 72.8 Å². The van der Waals surface area contributed by atoms with Crippen LogP contribution in [0.4, 0.5) is 17.6 Å². The Balaban J connectivity index is 0.00000400. The Morgan fingerprint density at radius 2 is 0.547 bits per heavy atom. The van der Waals surface area contributed by atoms with Gasteiger partial charge in [0.25, 0.3) is 0 Å². The number of hydrogen-bond donors (Lipinski definition) is 2. The number of aromatic amines is 2. The van der Waals surface area contributed by atoms with Gasteiger partial charge < -0.3 is 9.97 Å². The van der Waals surface area contributed by atoms with Gasteiger partial charge in [0.05, 0.1) is 22.8 Å². The number of nitrogens with zero attached hydrogens (tertiary/aromatic N) is 2. The number of aromatic nitrogens is 4. The zero-order chi connectivity index (χ0) is 35.3. The second-order valence-corrected chi connectivity index (χ2v) is 12.4. The molecule has 4 nitrogen and oxygen atoms in total. The summed E-state index contributed by atoms with van der Waals surface area (Å²) in [5, 5.41) is 0. The fraction of sp³-hybridized carbons (Fsp3) is 0. The Kier molecular flexibility index (Phi) is 8.74. The van der Waals surface area contributed by atoms with Crippen LogP contribution >= 0.6 is 0 Å². The second-order valence-electron chi connectivity index (χ2n) is 12.4. The summed E-state index contributed by atoms with van der Waals surface area (Å²) in [5.41, 5.74) is 6.82. The first-order valence-electron chi connectivity index (χ1n) is 16.6. The topological polar surface area (TPSA) is 57.4 Å². The van der Waals surface area contributed by atoms with Gasteiger partial charge in [-0.3, -0.25) is 0 Å². The molecule has 0 atom stereocenters. The quantitative estimate of drug-likeness (QED) is 0.139. The SMILES string of the molecule is Fc1ccccc1-c1c2nc(c(-c3ccccc3F)c3ccc([nH]3)c(-c3ccccc3F)c3nc(c(-c4ccccc4F)c4ccc1[nH]4)C=C3)C=C2.[Mn]. The number of H-pyrrole nitrogens is 2. The Labute approximate surface area is 311 Å². The summed E-state index contributed by atoms with van der Waals surface area (Å²) in [4.78, 5) is 16.9. The average Bonchev–Trinajstić information content (AvgIpc) is 3.99. The molecule has 4 aromatic carbocycles. The number of fused-ring (bicyclic) bond motifs is 8. The van der Waals surface area contributed by atoms with Gasteiger partial charge in [-0.15, -0.1) is 0 Å². The van der Waals surface area contributed by atoms with Crippen molar-refractivity contribution in [3.8, 4) is 44.5 Å². The van der Waals surface area contributed by atoms with Crippen LogP contribution in [0, 0.1) is 23.3 Å². The zero-order valence-electron chi connectivity index (χ0n) is 27.6. The number of nitrogens with one attached hydrogen (secondary N) is 2. The standard InChI is InChI=1S/C44H26F4N4.Mn/c45-29-13-5-1-9-25(29)41-33-17-19-35(49-33)42(26-10-2-6-14-30(26)46)37-21-23-39(51-37)44(28-12-4-8-16-32(28)48)40-24-22-38(52-40)43(36-20-18-34(41)50-36)27-11-3-7-15-31(27)47;/h1-24,49,52H;. The van der Waals surface area contributed by atoms with E-state index in [1.165, 1.54) is 24.3 Å². The van der Waals surface area contributed by atoms with Crippen LogP contribution in [0.25, 0.3) is 90.9 Å². The van der Waals surface area contributed by atoms with Gasteiger partial charge in [0.1, 0.15) is 23.3 Å². The number of hydrogen-bond acceptors (Lipinski definition) is 2. The van der Waals surface area contributed by atoms with Gasteiger partial charge >= 0.3 is 0 Å². The molecule has 7 aromatic rings. The molecule has 0 saturated carbocycles. The minimum absolute atomic E-state index is 0. The van der Waals surface area contributed by atoms with Gasteiger partial charge in [0.15, 0.2) is 0 Å². The van der Waals surface area contributed by atoms with Crippen LogP contribution in [0.5, 0.6) is 0 Å². The van der Waals surface area contributed by atoms with Crippen LogP contribution in [0.1, 0.15) is 22.8 Å². The van der Waals surface area contributed by atoms with Gasteiger partial charge in [-0.05, 0) is 72.8 Å². The fourth-order valence-corrected chi connectivity index (χ4v) is 6.99. The van der Waals surface area contributed by atoms with E-state index in [9.17, 15) is 0 Å². The van der Waals surface area contributed by atoms with Crippen LogP contribution in [-0.4, -0.2) is 19.9 Å². The van der Waals surface area contributed by atoms with Crippen molar-refractivity contribution in [2.75, 3.05) is 0 Å². The fourth-order valence-electron chi connectivity index (χ4n) is 6.99. The summed E-state index contributed by atoms with van der Waals surface area (Å²) in [6, 6.07) is 32.8. The van der Waals surface area contributed by atoms with Crippen molar-refractivity contribution in [1.82, 2.24) is 19.9 Å². The third-order valence-corrected chi connectivity index (χ3v) is 9.33. The van der Waals surface area contributed by atoms with Crippen molar-refractivity contribution in [3.05, 3.63) is 167 Å². The van der Waals surface area contributed by atoms with E-state index in [4.69, 9.17) is 9.97 Å². The summed E-state index contributed by atoms with van der Waals surface area (Å²) in [5.74, 6) is -1.85. The molecule has 5 heterocycles. The largest absolute Gasteiger partial charge is 0.354 e. The maximum Gasteiger partial charge on any atom is 0.131 e. The maximum atomic E-state index is 15.7. The normalized spacial score (nSPS) is 11.8. The molecule has 2 aliphatic rings. The summed E-state index contributed by atoms with van der Waals surface area (Å²) >= 11 is 0. The number of rotatable bonds is 4. The van der Waals surface area contributed by atoms with Crippen LogP contribution in [0.15, 0.2) is 121 Å². The molecule has 8 bridgehead atoms. The Hall–Kier alpha value is -6.28. The smallest absolute Gasteiger partial charge is 0.131 e. The number of halogens is 4. The number of benzene rings is 4. The van der Waals surface area contributed by atoms with E-state index in [0.29, 0.717) is 89.4 Å². The predicted molar refractivity (Wildman–Crippen MR) is 200 cm³/mol. The van der Waals surface area contributed by atoms with E-state index in [0.717, 1.165) is 0 Å². The van der Waals surface area contributed by atoms with E-state index in [1.54, 1.807) is 121 Å². The third-order valence-electron chi connectivity index (χ3n) is 9.33. The van der Waals surface area contributed by atoms with Crippen LogP contribution in [0.3, 0.4) is 0 Å². The summed E-state index contributed by atoms with van der Waals surface area (Å²) < 4.78 is 62.7. The first kappa shape index (κ1) is 33.8. The van der Waals surface area contributed by atoms with Crippen LogP contribution in [-0.2, 0) is 17.1 Å². The molecule has 0 aliphatic carbocycles. The zero-order valence-corrected chi connectivity index (χ0v) is 28.8. The van der Waals surface area contributed by atoms with E-state index in [1.807, 2.05) is 0 Å². The molecule has 9 heteroatoms. The van der Waals surface area contributed by atoms with Crippen molar-refractivity contribution in [2.45, 2.75) is 0 Å². The van der Waals surface area contributed by atoms with E-state index in [2.05, 4.69) is 9.97 Å². The second kappa shape index (κ2) is 13.7. The summed E-state index contributed by atoms with van der Waals surface area (Å²) in [6.07, 6.45) is 7.07. The molecule has 0 spiro atoms. The van der Waals surface area contributed by atoms with E-state index < -0.39 is 23.3 Å². The summed E-state index contributed by atoms with van der Waals surface area (Å²) in [7, 11) is 0.